The molecule has 3 aromatic heterocycles. The number of likely N-dealkylation sites (tertiary alicyclic amines) is 1. The number of H-pyrrole nitrogens is 1. The lowest BCUT2D eigenvalue weighted by atomic mass is 9.85. The van der Waals surface area contributed by atoms with Crippen LogP contribution in [-0.2, 0) is 6.54 Å². The number of nitrogens with zero attached hydrogens (tertiary/aromatic N) is 6. The van der Waals surface area contributed by atoms with Crippen LogP contribution in [0, 0.1) is 5.92 Å². The number of nitrogens with one attached hydrogen (secondary N) is 1. The minimum absolute atomic E-state index is 0.0696. The number of hydrogen-bond acceptors (Lipinski definition) is 5. The maximum atomic E-state index is 13.0. The van der Waals surface area contributed by atoms with Crippen LogP contribution in [0.1, 0.15) is 54.2 Å². The van der Waals surface area contributed by atoms with Crippen molar-refractivity contribution < 1.29 is 4.79 Å². The summed E-state index contributed by atoms with van der Waals surface area (Å²) in [5, 5.41) is 2.70. The first-order valence-corrected chi connectivity index (χ1v) is 9.92. The molecular weight excluding hydrogens is 358 g/mol. The van der Waals surface area contributed by atoms with Gasteiger partial charge in [0.25, 0.3) is 17.2 Å². The normalized spacial score (nSPS) is 20.4. The Kier molecular flexibility index (Phi) is 4.22. The molecule has 1 saturated heterocycles. The Morgan fingerprint density at radius 2 is 2.07 bits per heavy atom. The van der Waals surface area contributed by atoms with Gasteiger partial charge in [0.1, 0.15) is 17.7 Å². The molecule has 1 unspecified atom stereocenters. The number of hydrogen-bond donors (Lipinski definition) is 1. The largest absolute Gasteiger partial charge is 0.338 e. The summed E-state index contributed by atoms with van der Waals surface area (Å²) in [6.07, 6.45) is 12.4. The number of imidazole rings is 1. The maximum Gasteiger partial charge on any atom is 0.286 e. The van der Waals surface area contributed by atoms with Crippen molar-refractivity contribution in [3.8, 4) is 0 Å². The molecule has 28 heavy (non-hydrogen) atoms. The monoisotopic (exact) mass is 381 g/mol. The number of piperidine rings is 1. The van der Waals surface area contributed by atoms with Gasteiger partial charge in [0, 0.05) is 44.1 Å². The molecule has 4 heterocycles. The van der Waals surface area contributed by atoms with Crippen molar-refractivity contribution in [2.75, 3.05) is 13.1 Å². The van der Waals surface area contributed by atoms with Gasteiger partial charge in [-0.3, -0.25) is 14.7 Å². The molecule has 2 fully saturated rings. The van der Waals surface area contributed by atoms with Gasteiger partial charge in [-0.2, -0.15) is 4.52 Å². The summed E-state index contributed by atoms with van der Waals surface area (Å²) < 4.78 is 3.45. The van der Waals surface area contributed by atoms with E-state index in [1.807, 2.05) is 6.20 Å². The quantitative estimate of drug-likeness (QED) is 0.737. The van der Waals surface area contributed by atoms with E-state index >= 15 is 0 Å². The van der Waals surface area contributed by atoms with Gasteiger partial charge in [-0.1, -0.05) is 6.42 Å². The lowest BCUT2D eigenvalue weighted by molar-refractivity contribution is 0.0700. The van der Waals surface area contributed by atoms with E-state index in [0.717, 1.165) is 31.1 Å². The molecule has 9 nitrogen and oxygen atoms in total. The molecule has 1 saturated carbocycles. The minimum Gasteiger partial charge on any atom is -0.338 e. The molecule has 2 aliphatic rings. The lowest BCUT2D eigenvalue weighted by Gasteiger charge is -2.33. The van der Waals surface area contributed by atoms with E-state index in [0.29, 0.717) is 13.1 Å². The Labute approximate surface area is 161 Å². The fraction of sp³-hybridized carbons (Fsp3) is 0.526. The van der Waals surface area contributed by atoms with E-state index in [4.69, 9.17) is 0 Å². The van der Waals surface area contributed by atoms with Crippen LogP contribution in [0.25, 0.3) is 5.78 Å². The number of rotatable bonds is 4. The molecule has 9 heteroatoms. The average molecular weight is 381 g/mol. The van der Waals surface area contributed by atoms with Gasteiger partial charge < -0.3 is 9.47 Å². The Morgan fingerprint density at radius 3 is 2.89 bits per heavy atom. The molecular formula is C19H23N7O2. The van der Waals surface area contributed by atoms with Crippen LogP contribution in [0.3, 0.4) is 0 Å². The topological polar surface area (TPSA) is 101 Å². The molecule has 0 aromatic carbocycles. The number of fused-ring (bicyclic) bond motifs is 1. The summed E-state index contributed by atoms with van der Waals surface area (Å²) in [7, 11) is 0. The van der Waals surface area contributed by atoms with Crippen LogP contribution in [-0.4, -0.2) is 53.0 Å². The van der Waals surface area contributed by atoms with E-state index in [9.17, 15) is 9.59 Å². The number of aromatic nitrogens is 6. The second kappa shape index (κ2) is 6.88. The smallest absolute Gasteiger partial charge is 0.286 e. The zero-order chi connectivity index (χ0) is 19.1. The molecule has 0 bridgehead atoms. The summed E-state index contributed by atoms with van der Waals surface area (Å²) in [4.78, 5) is 40.0. The third-order valence-corrected chi connectivity index (χ3v) is 6.04. The maximum absolute atomic E-state index is 13.0. The summed E-state index contributed by atoms with van der Waals surface area (Å²) in [5.74, 6) is 1.99. The van der Waals surface area contributed by atoms with Crippen LogP contribution in [0.2, 0.25) is 0 Å². The zero-order valence-corrected chi connectivity index (χ0v) is 15.6. The fourth-order valence-electron chi connectivity index (χ4n) is 4.28. The highest BCUT2D eigenvalue weighted by Crippen LogP contribution is 2.31. The minimum atomic E-state index is -0.416. The first-order valence-electron chi connectivity index (χ1n) is 9.92. The van der Waals surface area contributed by atoms with E-state index in [-0.39, 0.29) is 23.2 Å². The number of aromatic amines is 1. The van der Waals surface area contributed by atoms with Crippen molar-refractivity contribution in [3.05, 3.63) is 46.7 Å². The second-order valence-corrected chi connectivity index (χ2v) is 7.82. The highest BCUT2D eigenvalue weighted by atomic mass is 16.2. The van der Waals surface area contributed by atoms with Crippen molar-refractivity contribution in [3.63, 3.8) is 0 Å². The van der Waals surface area contributed by atoms with Crippen molar-refractivity contribution in [1.29, 1.82) is 0 Å². The van der Waals surface area contributed by atoms with Gasteiger partial charge in [0.15, 0.2) is 0 Å². The fourth-order valence-corrected chi connectivity index (χ4v) is 4.28. The van der Waals surface area contributed by atoms with Crippen LogP contribution in [0.5, 0.6) is 0 Å². The molecule has 146 valence electrons. The molecule has 5 rings (SSSR count). The second-order valence-electron chi connectivity index (χ2n) is 7.82. The van der Waals surface area contributed by atoms with Crippen molar-refractivity contribution in [1.82, 2.24) is 34.0 Å². The first kappa shape index (κ1) is 17.2. The van der Waals surface area contributed by atoms with Crippen LogP contribution < -0.4 is 5.56 Å². The first-order chi connectivity index (χ1) is 13.7. The standard InChI is InChI=1S/C19H23N7O2/c27-17(15-9-21-19-22-12-23-26(19)18(15)28)25-7-2-5-14(11-25)16-20-6-8-24(16)10-13-3-1-4-13/h6,8-9,12-14H,1-5,7,10-11H2,(H,21,22,23). The highest BCUT2D eigenvalue weighted by Gasteiger charge is 2.30. The molecule has 3 aromatic rings. The Hall–Kier alpha value is -2.97. The molecule has 0 radical (unpaired) electrons. The highest BCUT2D eigenvalue weighted by molar-refractivity contribution is 5.93. The molecule has 1 atom stereocenters. The molecule has 1 aliphatic carbocycles. The van der Waals surface area contributed by atoms with E-state index in [2.05, 4.69) is 30.8 Å². The molecule has 0 spiro atoms. The van der Waals surface area contributed by atoms with Gasteiger partial charge in [-0.15, -0.1) is 0 Å². The number of carbonyl (C=O) groups excluding carboxylic acids is 1. The Morgan fingerprint density at radius 1 is 1.18 bits per heavy atom. The average Bonchev–Trinajstić information content (AvgIpc) is 3.34. The Bertz CT molecular complexity index is 1060. The van der Waals surface area contributed by atoms with E-state index in [1.165, 1.54) is 36.3 Å². The van der Waals surface area contributed by atoms with E-state index in [1.54, 1.807) is 4.90 Å². The summed E-state index contributed by atoms with van der Waals surface area (Å²) in [6, 6.07) is 0. The van der Waals surface area contributed by atoms with Gasteiger partial charge in [-0.25, -0.2) is 15.0 Å². The van der Waals surface area contributed by atoms with Crippen LogP contribution in [0.4, 0.5) is 0 Å². The number of carbonyl (C=O) groups is 1. The summed E-state index contributed by atoms with van der Waals surface area (Å²) >= 11 is 0. The van der Waals surface area contributed by atoms with E-state index < -0.39 is 5.56 Å². The van der Waals surface area contributed by atoms with Gasteiger partial charge in [0.05, 0.1) is 0 Å². The SMILES string of the molecule is O=C(c1cnc2nc[nH]n2c1=O)N1CCCC(c2nccn2CC2CCC2)C1. The van der Waals surface area contributed by atoms with Gasteiger partial charge in [-0.05, 0) is 31.6 Å². The molecule has 1 N–H and O–H groups in total. The van der Waals surface area contributed by atoms with Crippen LogP contribution in [0.15, 0.2) is 29.7 Å². The third-order valence-electron chi connectivity index (χ3n) is 6.04. The molecule has 1 amide bonds. The third kappa shape index (κ3) is 2.90. The summed E-state index contributed by atoms with van der Waals surface area (Å²) in [5.41, 5.74) is -0.346. The van der Waals surface area contributed by atoms with Crippen LogP contribution >= 0.6 is 0 Å². The number of amides is 1. The molecule has 1 aliphatic heterocycles. The Balaban J connectivity index is 1.36. The van der Waals surface area contributed by atoms with Gasteiger partial charge in [0.2, 0.25) is 0 Å². The predicted molar refractivity (Wildman–Crippen MR) is 101 cm³/mol. The van der Waals surface area contributed by atoms with Gasteiger partial charge >= 0.3 is 0 Å². The summed E-state index contributed by atoms with van der Waals surface area (Å²) in [6.45, 7) is 2.23. The van der Waals surface area contributed by atoms with Crippen molar-refractivity contribution >= 4 is 11.7 Å². The zero-order valence-electron chi connectivity index (χ0n) is 15.6. The predicted octanol–water partition coefficient (Wildman–Crippen LogP) is 1.43. The van der Waals surface area contributed by atoms with Crippen molar-refractivity contribution in [2.24, 2.45) is 5.92 Å². The lowest BCUT2D eigenvalue weighted by Crippen LogP contribution is -2.42. The van der Waals surface area contributed by atoms with Crippen molar-refractivity contribution in [2.45, 2.75) is 44.6 Å².